The van der Waals surface area contributed by atoms with E-state index >= 15 is 0 Å². The van der Waals surface area contributed by atoms with E-state index in [1.54, 1.807) is 0 Å². The quantitative estimate of drug-likeness (QED) is 0.0379. The highest BCUT2D eigenvalue weighted by atomic mass is 31.2. The van der Waals surface area contributed by atoms with Gasteiger partial charge in [0.1, 0.15) is 12.6 Å². The number of rotatable bonds is 24. The number of hydrogen-bond donors (Lipinski definition) is 5. The second-order valence-corrected chi connectivity index (χ2v) is 11.7. The van der Waals surface area contributed by atoms with Crippen molar-refractivity contribution in [1.29, 1.82) is 0 Å². The summed E-state index contributed by atoms with van der Waals surface area (Å²) < 4.78 is 9.38. The summed E-state index contributed by atoms with van der Waals surface area (Å²) in [6, 6.07) is 0. The first kappa shape index (κ1) is 39.3. The molecular weight excluding hydrogens is 507 g/mol. The summed E-state index contributed by atoms with van der Waals surface area (Å²) in [5, 5.41) is 23.1. The third-order valence-electron chi connectivity index (χ3n) is 6.64. The van der Waals surface area contributed by atoms with Crippen LogP contribution in [0.2, 0.25) is 0 Å². The highest BCUT2D eigenvalue weighted by Crippen LogP contribution is 2.19. The molecule has 0 aromatic heterocycles. The Morgan fingerprint density at radius 2 is 1.26 bits per heavy atom. The van der Waals surface area contributed by atoms with Crippen LogP contribution in [-0.4, -0.2) is 69.4 Å². The molecule has 3 atom stereocenters. The predicted molar refractivity (Wildman–Crippen MR) is 153 cm³/mol. The number of carbonyl (C=O) groups is 1. The first-order valence-electron chi connectivity index (χ1n) is 14.7. The number of amides is 1. The molecule has 0 aliphatic heterocycles. The highest BCUT2D eigenvalue weighted by molar-refractivity contribution is 7.43. The number of quaternary nitrogens is 1. The average molecular weight is 567 g/mol. The van der Waals surface area contributed by atoms with Crippen LogP contribution in [0.5, 0.6) is 0 Å². The van der Waals surface area contributed by atoms with Gasteiger partial charge in [-0.05, 0) is 18.9 Å². The maximum absolute atomic E-state index is 12.1. The van der Waals surface area contributed by atoms with Gasteiger partial charge in [-0.15, -0.1) is 0 Å². The maximum Gasteiger partial charge on any atom is 0.262 e. The molecule has 0 heterocycles. The van der Waals surface area contributed by atoms with Crippen LogP contribution < -0.4 is 10.2 Å². The van der Waals surface area contributed by atoms with Crippen LogP contribution in [0.3, 0.4) is 0 Å². The van der Waals surface area contributed by atoms with Crippen LogP contribution in [0, 0.1) is 0 Å². The molecule has 228 valence electrons. The second kappa shape index (κ2) is 25.2. The molecule has 0 saturated heterocycles. The number of likely N-dealkylation sites (N-methyl/N-ethyl adjacent to an activating group) is 1. The Hall–Kier alpha value is -0.800. The average Bonchev–Trinajstić information content (AvgIpc) is 2.80. The van der Waals surface area contributed by atoms with Gasteiger partial charge in [0.05, 0.1) is 20.1 Å². The van der Waals surface area contributed by atoms with Crippen LogP contribution in [-0.2, 0) is 9.36 Å². The SMILES string of the molecule is C=CC[N+](C)(CCC)CC(O)C(O)NC(=O)CCCCCCCCCCCCCCCCC.O=P([O-])(O)O. The molecule has 0 aliphatic carbocycles. The molecule has 0 fully saturated rings. The number of nitrogens with one attached hydrogen (secondary N) is 1. The molecule has 9 nitrogen and oxygen atoms in total. The summed E-state index contributed by atoms with van der Waals surface area (Å²) in [7, 11) is -2.85. The van der Waals surface area contributed by atoms with Gasteiger partial charge in [-0.1, -0.05) is 110 Å². The van der Waals surface area contributed by atoms with Gasteiger partial charge in [-0.3, -0.25) is 9.36 Å². The van der Waals surface area contributed by atoms with Crippen molar-refractivity contribution in [2.24, 2.45) is 0 Å². The molecule has 0 aliphatic rings. The zero-order chi connectivity index (χ0) is 29.3. The molecule has 5 N–H and O–H groups in total. The first-order valence-corrected chi connectivity index (χ1v) is 16.3. The maximum atomic E-state index is 12.1. The van der Waals surface area contributed by atoms with Crippen LogP contribution in [0.1, 0.15) is 123 Å². The Balaban J connectivity index is 0. The van der Waals surface area contributed by atoms with Crippen LogP contribution >= 0.6 is 7.82 Å². The van der Waals surface area contributed by atoms with Crippen molar-refractivity contribution in [2.45, 2.75) is 135 Å². The van der Waals surface area contributed by atoms with Crippen molar-refractivity contribution < 1.29 is 38.7 Å². The zero-order valence-electron chi connectivity index (χ0n) is 24.5. The van der Waals surface area contributed by atoms with Crippen molar-refractivity contribution in [3.8, 4) is 0 Å². The van der Waals surface area contributed by atoms with E-state index < -0.39 is 20.2 Å². The summed E-state index contributed by atoms with van der Waals surface area (Å²) in [6.07, 6.45) is 20.5. The molecule has 38 heavy (non-hydrogen) atoms. The van der Waals surface area contributed by atoms with Crippen LogP contribution in [0.4, 0.5) is 0 Å². The van der Waals surface area contributed by atoms with E-state index in [4.69, 9.17) is 19.2 Å². The van der Waals surface area contributed by atoms with Gasteiger partial charge < -0.3 is 34.7 Å². The normalized spacial score (nSPS) is 14.6. The second-order valence-electron chi connectivity index (χ2n) is 10.8. The number of nitrogens with zero attached hydrogens (tertiary/aromatic N) is 1. The summed E-state index contributed by atoms with van der Waals surface area (Å²) in [6.45, 7) is 10.2. The van der Waals surface area contributed by atoms with Gasteiger partial charge in [0, 0.05) is 6.42 Å². The minimum absolute atomic E-state index is 0.176. The molecule has 0 aromatic carbocycles. The highest BCUT2D eigenvalue weighted by Gasteiger charge is 2.28. The van der Waals surface area contributed by atoms with E-state index in [1.807, 2.05) is 13.1 Å². The third-order valence-corrected chi connectivity index (χ3v) is 6.64. The monoisotopic (exact) mass is 566 g/mol. The van der Waals surface area contributed by atoms with Gasteiger partial charge in [-0.25, -0.2) is 0 Å². The number of aliphatic hydroxyl groups excluding tert-OH is 2. The van der Waals surface area contributed by atoms with Crippen molar-refractivity contribution in [3.05, 3.63) is 12.7 Å². The summed E-state index contributed by atoms with van der Waals surface area (Å²) in [4.78, 5) is 35.0. The van der Waals surface area contributed by atoms with Gasteiger partial charge in [-0.2, -0.15) is 0 Å². The summed E-state index contributed by atoms with van der Waals surface area (Å²) in [5.41, 5.74) is 0. The first-order chi connectivity index (χ1) is 17.9. The largest absolute Gasteiger partial charge is 0.756 e. The molecule has 0 saturated carbocycles. The number of unbranched alkanes of at least 4 members (excludes halogenated alkanes) is 14. The van der Waals surface area contributed by atoms with Crippen molar-refractivity contribution in [3.63, 3.8) is 0 Å². The minimum atomic E-state index is -4.89. The van der Waals surface area contributed by atoms with E-state index in [1.165, 1.54) is 83.5 Å². The molecule has 0 aromatic rings. The smallest absolute Gasteiger partial charge is 0.262 e. The fraction of sp³-hybridized carbons (Fsp3) is 0.893. The van der Waals surface area contributed by atoms with Gasteiger partial charge >= 0.3 is 0 Å². The predicted octanol–water partition coefficient (Wildman–Crippen LogP) is 4.53. The minimum Gasteiger partial charge on any atom is -0.756 e. The van der Waals surface area contributed by atoms with E-state index in [-0.39, 0.29) is 5.91 Å². The van der Waals surface area contributed by atoms with Crippen molar-refractivity contribution in [2.75, 3.05) is 26.7 Å². The lowest BCUT2D eigenvalue weighted by Gasteiger charge is -2.36. The summed E-state index contributed by atoms with van der Waals surface area (Å²) >= 11 is 0. The Bertz CT molecular complexity index is 610. The number of carbonyl (C=O) groups excluding carboxylic acids is 1. The molecule has 0 rings (SSSR count). The van der Waals surface area contributed by atoms with Crippen molar-refractivity contribution in [1.82, 2.24) is 5.32 Å². The van der Waals surface area contributed by atoms with Crippen molar-refractivity contribution >= 4 is 13.7 Å². The van der Waals surface area contributed by atoms with Gasteiger partial charge in [0.2, 0.25) is 5.91 Å². The lowest BCUT2D eigenvalue weighted by Crippen LogP contribution is -2.55. The third kappa shape index (κ3) is 29.8. The number of hydrogen-bond acceptors (Lipinski definition) is 5. The number of aliphatic hydroxyl groups is 2. The molecule has 3 unspecified atom stereocenters. The topological polar surface area (TPSA) is 150 Å². The summed E-state index contributed by atoms with van der Waals surface area (Å²) in [5.74, 6) is -0.176. The molecule has 0 spiro atoms. The van der Waals surface area contributed by atoms with Gasteiger partial charge in [0.15, 0.2) is 6.23 Å². The molecule has 10 heteroatoms. The van der Waals surface area contributed by atoms with E-state index in [2.05, 4.69) is 25.7 Å². The number of phosphoric acid groups is 1. The Morgan fingerprint density at radius 1 is 0.868 bits per heavy atom. The van der Waals surface area contributed by atoms with Crippen LogP contribution in [0.15, 0.2) is 12.7 Å². The molecular formula is C28H59N2O7P. The van der Waals surface area contributed by atoms with E-state index in [9.17, 15) is 15.0 Å². The van der Waals surface area contributed by atoms with E-state index in [0.29, 0.717) is 17.4 Å². The Morgan fingerprint density at radius 3 is 1.63 bits per heavy atom. The molecule has 0 radical (unpaired) electrons. The van der Waals surface area contributed by atoms with Gasteiger partial charge in [0.25, 0.3) is 7.82 Å². The fourth-order valence-corrected chi connectivity index (χ4v) is 4.65. The fourth-order valence-electron chi connectivity index (χ4n) is 4.65. The standard InChI is InChI=1S/C28H56N2O3.H3O4P/c1-5-8-9-10-11-12-13-14-15-16-17-18-19-20-21-22-27(32)29-28(33)26(31)25-30(4,23-6-2)24-7-3;1-5(2,3)4/h6,26,28,31,33H,2,5,7-25H2,1,3-4H3;(H3,1,2,3,4). The molecule has 1 amide bonds. The van der Waals surface area contributed by atoms with Crippen LogP contribution in [0.25, 0.3) is 0 Å². The lowest BCUT2D eigenvalue weighted by molar-refractivity contribution is -0.907. The Kier molecular flexibility index (Phi) is 26.1. The molecule has 0 bridgehead atoms. The Labute approximate surface area is 232 Å². The zero-order valence-corrected chi connectivity index (χ0v) is 25.4. The van der Waals surface area contributed by atoms with E-state index in [0.717, 1.165) is 32.4 Å². The lowest BCUT2D eigenvalue weighted by atomic mass is 10.0.